The van der Waals surface area contributed by atoms with Gasteiger partial charge in [-0.2, -0.15) is 0 Å². The molecule has 0 atom stereocenters. The highest BCUT2D eigenvalue weighted by molar-refractivity contribution is 7.99. The Morgan fingerprint density at radius 3 is 2.64 bits per heavy atom. The highest BCUT2D eigenvalue weighted by Gasteiger charge is 2.06. The van der Waals surface area contributed by atoms with E-state index in [1.54, 1.807) is 11.8 Å². The van der Waals surface area contributed by atoms with Crippen LogP contribution in [0.1, 0.15) is 20.3 Å². The molecule has 3 nitrogen and oxygen atoms in total. The van der Waals surface area contributed by atoms with Crippen LogP contribution in [0.2, 0.25) is 10.4 Å². The van der Waals surface area contributed by atoms with Crippen LogP contribution < -0.4 is 0 Å². The van der Waals surface area contributed by atoms with Crippen LogP contribution >= 0.6 is 35.0 Å². The van der Waals surface area contributed by atoms with Crippen molar-refractivity contribution in [3.63, 3.8) is 0 Å². The van der Waals surface area contributed by atoms with Gasteiger partial charge in [-0.25, -0.2) is 4.98 Å². The summed E-state index contributed by atoms with van der Waals surface area (Å²) in [6.07, 6.45) is 1.11. The van der Waals surface area contributed by atoms with E-state index in [4.69, 9.17) is 23.2 Å². The molecule has 0 N–H and O–H groups in total. The van der Waals surface area contributed by atoms with Crippen LogP contribution in [0.25, 0.3) is 0 Å². The Morgan fingerprint density at radius 1 is 1.29 bits per heavy atom. The standard InChI is InChI=1S/C8H11Cl2N3S/c1-5(2)3-4-14-7-6(9)12-13-8(10)11-7/h5H,3-4H2,1-2H3. The maximum atomic E-state index is 5.80. The fourth-order valence-electron chi connectivity index (χ4n) is 0.763. The summed E-state index contributed by atoms with van der Waals surface area (Å²) in [6.45, 7) is 4.35. The van der Waals surface area contributed by atoms with Gasteiger partial charge in [-0.05, 0) is 29.7 Å². The van der Waals surface area contributed by atoms with Gasteiger partial charge in [0.2, 0.25) is 5.28 Å². The zero-order valence-electron chi connectivity index (χ0n) is 8.00. The quantitative estimate of drug-likeness (QED) is 0.770. The van der Waals surface area contributed by atoms with Crippen molar-refractivity contribution in [2.45, 2.75) is 25.3 Å². The third kappa shape index (κ3) is 3.98. The van der Waals surface area contributed by atoms with Gasteiger partial charge in [-0.3, -0.25) is 0 Å². The van der Waals surface area contributed by atoms with E-state index in [9.17, 15) is 0 Å². The minimum atomic E-state index is 0.140. The summed E-state index contributed by atoms with van der Waals surface area (Å²) >= 11 is 13.0. The van der Waals surface area contributed by atoms with Crippen molar-refractivity contribution in [2.75, 3.05) is 5.75 Å². The average Bonchev–Trinajstić information content (AvgIpc) is 2.10. The molecular formula is C8H11Cl2N3S. The van der Waals surface area contributed by atoms with Gasteiger partial charge in [-0.1, -0.05) is 25.4 Å². The Kier molecular flexibility index (Phi) is 4.92. The SMILES string of the molecule is CC(C)CCSc1nc(Cl)nnc1Cl. The Balaban J connectivity index is 2.53. The Labute approximate surface area is 97.6 Å². The zero-order chi connectivity index (χ0) is 10.6. The van der Waals surface area contributed by atoms with Gasteiger partial charge in [0, 0.05) is 0 Å². The summed E-state index contributed by atoms with van der Waals surface area (Å²) in [4.78, 5) is 3.99. The smallest absolute Gasteiger partial charge is 0.207 e. The molecule has 0 fully saturated rings. The van der Waals surface area contributed by atoms with Crippen molar-refractivity contribution >= 4 is 35.0 Å². The van der Waals surface area contributed by atoms with Crippen molar-refractivity contribution in [3.05, 3.63) is 10.4 Å². The summed E-state index contributed by atoms with van der Waals surface area (Å²) in [5.74, 6) is 1.64. The van der Waals surface area contributed by atoms with Gasteiger partial charge in [0.05, 0.1) is 0 Å². The monoisotopic (exact) mass is 251 g/mol. The number of halogens is 2. The van der Waals surface area contributed by atoms with E-state index < -0.39 is 0 Å². The molecule has 0 saturated carbocycles. The largest absolute Gasteiger partial charge is 0.244 e. The molecule has 0 aliphatic carbocycles. The topological polar surface area (TPSA) is 38.7 Å². The predicted molar refractivity (Wildman–Crippen MR) is 60.0 cm³/mol. The molecular weight excluding hydrogens is 241 g/mol. The van der Waals surface area contributed by atoms with Crippen LogP contribution in [0.15, 0.2) is 5.03 Å². The van der Waals surface area contributed by atoms with E-state index in [-0.39, 0.29) is 5.28 Å². The third-order valence-electron chi connectivity index (χ3n) is 1.52. The minimum Gasteiger partial charge on any atom is -0.207 e. The van der Waals surface area contributed by atoms with Gasteiger partial charge in [0.1, 0.15) is 5.03 Å². The second kappa shape index (κ2) is 5.73. The highest BCUT2D eigenvalue weighted by atomic mass is 35.5. The molecule has 1 aromatic rings. The molecule has 0 aromatic carbocycles. The summed E-state index contributed by atoms with van der Waals surface area (Å²) in [5, 5.41) is 8.34. The molecule has 1 rings (SSSR count). The van der Waals surface area contributed by atoms with Crippen LogP contribution in [-0.2, 0) is 0 Å². The number of aromatic nitrogens is 3. The molecule has 1 aromatic heterocycles. The second-order valence-electron chi connectivity index (χ2n) is 3.21. The first-order valence-corrected chi connectivity index (χ1v) is 6.02. The van der Waals surface area contributed by atoms with Gasteiger partial charge in [0.15, 0.2) is 5.15 Å². The summed E-state index contributed by atoms with van der Waals surface area (Å²) in [6, 6.07) is 0. The molecule has 0 amide bonds. The Morgan fingerprint density at radius 2 is 2.00 bits per heavy atom. The third-order valence-corrected chi connectivity index (χ3v) is 3.05. The molecule has 0 spiro atoms. The first-order chi connectivity index (χ1) is 6.59. The van der Waals surface area contributed by atoms with E-state index in [2.05, 4.69) is 29.0 Å². The van der Waals surface area contributed by atoms with E-state index >= 15 is 0 Å². The van der Waals surface area contributed by atoms with E-state index in [1.165, 1.54) is 0 Å². The molecule has 0 aliphatic rings. The van der Waals surface area contributed by atoms with Crippen LogP contribution in [0, 0.1) is 5.92 Å². The maximum Gasteiger partial charge on any atom is 0.244 e. The summed E-state index contributed by atoms with van der Waals surface area (Å²) in [5.41, 5.74) is 0. The molecule has 14 heavy (non-hydrogen) atoms. The average molecular weight is 252 g/mol. The zero-order valence-corrected chi connectivity index (χ0v) is 10.3. The summed E-state index contributed by atoms with van der Waals surface area (Å²) in [7, 11) is 0. The maximum absolute atomic E-state index is 5.80. The van der Waals surface area contributed by atoms with Gasteiger partial charge < -0.3 is 0 Å². The first kappa shape index (κ1) is 12.0. The van der Waals surface area contributed by atoms with Gasteiger partial charge >= 0.3 is 0 Å². The van der Waals surface area contributed by atoms with Gasteiger partial charge in [-0.15, -0.1) is 22.0 Å². The highest BCUT2D eigenvalue weighted by Crippen LogP contribution is 2.24. The number of hydrogen-bond donors (Lipinski definition) is 0. The Hall–Kier alpha value is -0.0600. The van der Waals surface area contributed by atoms with Crippen molar-refractivity contribution < 1.29 is 0 Å². The molecule has 0 aliphatic heterocycles. The molecule has 0 bridgehead atoms. The minimum absolute atomic E-state index is 0.140. The molecule has 6 heteroatoms. The Bertz CT molecular complexity index is 307. The number of rotatable bonds is 4. The summed E-state index contributed by atoms with van der Waals surface area (Å²) < 4.78 is 0. The van der Waals surface area contributed by atoms with Crippen LogP contribution in [-0.4, -0.2) is 20.9 Å². The number of thioether (sulfide) groups is 1. The lowest BCUT2D eigenvalue weighted by atomic mass is 10.2. The predicted octanol–water partition coefficient (Wildman–Crippen LogP) is 3.32. The van der Waals surface area contributed by atoms with Crippen LogP contribution in [0.5, 0.6) is 0 Å². The van der Waals surface area contributed by atoms with E-state index in [0.717, 1.165) is 12.2 Å². The lowest BCUT2D eigenvalue weighted by Gasteiger charge is -2.04. The molecule has 78 valence electrons. The normalized spacial score (nSPS) is 10.9. The van der Waals surface area contributed by atoms with Crippen molar-refractivity contribution in [1.82, 2.24) is 15.2 Å². The van der Waals surface area contributed by atoms with E-state index in [0.29, 0.717) is 16.1 Å². The van der Waals surface area contributed by atoms with Gasteiger partial charge in [0.25, 0.3) is 0 Å². The van der Waals surface area contributed by atoms with Crippen LogP contribution in [0.3, 0.4) is 0 Å². The van der Waals surface area contributed by atoms with Crippen LogP contribution in [0.4, 0.5) is 0 Å². The lowest BCUT2D eigenvalue weighted by Crippen LogP contribution is -1.94. The second-order valence-corrected chi connectivity index (χ2v) is 4.99. The fraction of sp³-hybridized carbons (Fsp3) is 0.625. The molecule has 0 unspecified atom stereocenters. The van der Waals surface area contributed by atoms with Crippen molar-refractivity contribution in [2.24, 2.45) is 5.92 Å². The van der Waals surface area contributed by atoms with Crippen molar-refractivity contribution in [1.29, 1.82) is 0 Å². The van der Waals surface area contributed by atoms with Crippen molar-refractivity contribution in [3.8, 4) is 0 Å². The number of nitrogens with zero attached hydrogens (tertiary/aromatic N) is 3. The molecule has 0 saturated heterocycles. The molecule has 0 radical (unpaired) electrons. The number of hydrogen-bond acceptors (Lipinski definition) is 4. The fourth-order valence-corrected chi connectivity index (χ4v) is 2.27. The first-order valence-electron chi connectivity index (χ1n) is 4.28. The van der Waals surface area contributed by atoms with E-state index in [1.807, 2.05) is 0 Å². The molecule has 1 heterocycles. The lowest BCUT2D eigenvalue weighted by molar-refractivity contribution is 0.632.